The molecule has 5 amide bonds. The van der Waals surface area contributed by atoms with Crippen molar-refractivity contribution in [2.75, 3.05) is 74.0 Å². The Labute approximate surface area is 323 Å². The highest BCUT2D eigenvalue weighted by atomic mass is 16.2. The summed E-state index contributed by atoms with van der Waals surface area (Å²) in [5.41, 5.74) is 4.93. The highest BCUT2D eigenvalue weighted by molar-refractivity contribution is 6.23. The number of aromatic amines is 1. The number of carbonyl (C=O) groups is 5. The number of rotatable bonds is 8. The number of fused-ring (bicyclic) bond motifs is 2. The third-order valence-electron chi connectivity index (χ3n) is 12.2. The van der Waals surface area contributed by atoms with Crippen LogP contribution in [0.15, 0.2) is 55.1 Å². The molecule has 2 aromatic carbocycles. The van der Waals surface area contributed by atoms with Gasteiger partial charge >= 0.3 is 0 Å². The molecule has 16 nitrogen and oxygen atoms in total. The molecule has 16 heteroatoms. The zero-order valence-corrected chi connectivity index (χ0v) is 31.2. The van der Waals surface area contributed by atoms with Crippen LogP contribution >= 0.6 is 0 Å². The summed E-state index contributed by atoms with van der Waals surface area (Å²) in [5.74, 6) is -0.557. The third-order valence-corrected chi connectivity index (χ3v) is 12.2. The van der Waals surface area contributed by atoms with Gasteiger partial charge in [-0.15, -0.1) is 0 Å². The number of imide groups is 2. The van der Waals surface area contributed by atoms with Gasteiger partial charge in [-0.3, -0.25) is 39.1 Å². The van der Waals surface area contributed by atoms with Crippen molar-refractivity contribution in [1.82, 2.24) is 40.0 Å². The molecule has 4 saturated heterocycles. The van der Waals surface area contributed by atoms with E-state index < -0.39 is 29.7 Å². The van der Waals surface area contributed by atoms with Crippen LogP contribution in [0.5, 0.6) is 0 Å². The first-order valence-corrected chi connectivity index (χ1v) is 19.7. The van der Waals surface area contributed by atoms with E-state index in [1.807, 2.05) is 6.07 Å². The Morgan fingerprint density at radius 1 is 0.750 bits per heavy atom. The van der Waals surface area contributed by atoms with Crippen molar-refractivity contribution in [3.05, 3.63) is 66.2 Å². The van der Waals surface area contributed by atoms with Crippen LogP contribution in [0.3, 0.4) is 0 Å². The number of anilines is 4. The second kappa shape index (κ2) is 15.0. The summed E-state index contributed by atoms with van der Waals surface area (Å²) in [6, 6.07) is 12.7. The minimum absolute atomic E-state index is 0.0270. The average molecular weight is 760 g/mol. The molecule has 2 aromatic heterocycles. The molecule has 0 saturated carbocycles. The van der Waals surface area contributed by atoms with E-state index in [4.69, 9.17) is 0 Å². The first-order chi connectivity index (χ1) is 27.3. The summed E-state index contributed by atoms with van der Waals surface area (Å²) in [6.45, 7) is 8.01. The molecule has 1 atom stereocenters. The van der Waals surface area contributed by atoms with E-state index in [-0.39, 0.29) is 35.8 Å². The van der Waals surface area contributed by atoms with Crippen molar-refractivity contribution in [2.45, 2.75) is 44.6 Å². The second-order valence-corrected chi connectivity index (χ2v) is 15.5. The Bertz CT molecular complexity index is 2170. The topological polar surface area (TPSA) is 180 Å². The Balaban J connectivity index is 0.708. The number of piperidine rings is 3. The summed E-state index contributed by atoms with van der Waals surface area (Å²) >= 11 is 0. The summed E-state index contributed by atoms with van der Waals surface area (Å²) < 4.78 is 0. The van der Waals surface area contributed by atoms with E-state index in [2.05, 4.69) is 74.4 Å². The zero-order chi connectivity index (χ0) is 38.3. The van der Waals surface area contributed by atoms with Crippen LogP contribution in [-0.4, -0.2) is 129 Å². The van der Waals surface area contributed by atoms with Gasteiger partial charge in [0.2, 0.25) is 17.7 Å². The van der Waals surface area contributed by atoms with Crippen molar-refractivity contribution >= 4 is 63.6 Å². The molecule has 290 valence electrons. The first-order valence-electron chi connectivity index (χ1n) is 19.7. The van der Waals surface area contributed by atoms with Crippen molar-refractivity contribution in [3.63, 3.8) is 0 Å². The fourth-order valence-electron chi connectivity index (χ4n) is 8.94. The van der Waals surface area contributed by atoms with Gasteiger partial charge in [-0.2, -0.15) is 0 Å². The number of imidazole rings is 1. The number of benzene rings is 2. The number of H-pyrrole nitrogens is 1. The molecule has 7 heterocycles. The maximum Gasteiger partial charge on any atom is 0.262 e. The highest BCUT2D eigenvalue weighted by Gasteiger charge is 2.45. The molecule has 0 spiro atoms. The number of nitrogens with one attached hydrogen (secondary N) is 3. The van der Waals surface area contributed by atoms with E-state index in [9.17, 15) is 24.0 Å². The average Bonchev–Trinajstić information content (AvgIpc) is 3.81. The minimum Gasteiger partial charge on any atom is -0.371 e. The summed E-state index contributed by atoms with van der Waals surface area (Å²) in [7, 11) is 0. The predicted molar refractivity (Wildman–Crippen MR) is 207 cm³/mol. The summed E-state index contributed by atoms with van der Waals surface area (Å²) in [5, 5.41) is 5.59. The molecule has 0 aliphatic carbocycles. The van der Waals surface area contributed by atoms with Crippen LogP contribution in [-0.2, 0) is 14.4 Å². The number of amides is 5. The molecule has 56 heavy (non-hydrogen) atoms. The maximum absolute atomic E-state index is 13.6. The largest absolute Gasteiger partial charge is 0.371 e. The summed E-state index contributed by atoms with van der Waals surface area (Å²) in [6.07, 6.45) is 6.84. The molecule has 5 aliphatic heterocycles. The van der Waals surface area contributed by atoms with Gasteiger partial charge in [0, 0.05) is 88.3 Å². The molecule has 1 unspecified atom stereocenters. The van der Waals surface area contributed by atoms with E-state index in [1.54, 1.807) is 18.5 Å². The van der Waals surface area contributed by atoms with Crippen LogP contribution in [0.2, 0.25) is 0 Å². The van der Waals surface area contributed by atoms with E-state index in [0.717, 1.165) is 87.8 Å². The van der Waals surface area contributed by atoms with E-state index in [1.165, 1.54) is 12.0 Å². The van der Waals surface area contributed by atoms with Gasteiger partial charge in [-0.1, -0.05) is 0 Å². The lowest BCUT2D eigenvalue weighted by Crippen LogP contribution is -2.54. The first kappa shape index (κ1) is 35.8. The number of hydrogen-bond acceptors (Lipinski definition) is 12. The predicted octanol–water partition coefficient (Wildman–Crippen LogP) is 2.77. The Kier molecular flexibility index (Phi) is 9.57. The van der Waals surface area contributed by atoms with Gasteiger partial charge in [0.05, 0.1) is 17.5 Å². The van der Waals surface area contributed by atoms with Crippen LogP contribution in [0.1, 0.15) is 59.2 Å². The smallest absolute Gasteiger partial charge is 0.262 e. The van der Waals surface area contributed by atoms with Gasteiger partial charge in [-0.25, -0.2) is 15.0 Å². The van der Waals surface area contributed by atoms with Crippen molar-refractivity contribution in [2.24, 2.45) is 11.8 Å². The number of likely N-dealkylation sites (tertiary alicyclic amines) is 1. The Morgan fingerprint density at radius 3 is 2.21 bits per heavy atom. The van der Waals surface area contributed by atoms with Gasteiger partial charge in [0.25, 0.3) is 11.8 Å². The monoisotopic (exact) mass is 759 g/mol. The third kappa shape index (κ3) is 6.93. The lowest BCUT2D eigenvalue weighted by Gasteiger charge is -2.41. The second-order valence-electron chi connectivity index (χ2n) is 15.5. The molecule has 9 rings (SSSR count). The maximum atomic E-state index is 13.6. The van der Waals surface area contributed by atoms with Crippen LogP contribution in [0.4, 0.5) is 22.9 Å². The Hall–Kier alpha value is -5.90. The lowest BCUT2D eigenvalue weighted by molar-refractivity contribution is -0.138. The molecule has 0 bridgehead atoms. The molecular formula is C40H45N11O5. The van der Waals surface area contributed by atoms with Crippen molar-refractivity contribution in [3.8, 4) is 0 Å². The van der Waals surface area contributed by atoms with Gasteiger partial charge in [0.15, 0.2) is 17.0 Å². The normalized spacial score (nSPS) is 21.5. The van der Waals surface area contributed by atoms with E-state index in [0.29, 0.717) is 36.0 Å². The number of aromatic nitrogens is 4. The molecule has 4 aromatic rings. The van der Waals surface area contributed by atoms with Crippen molar-refractivity contribution < 1.29 is 24.0 Å². The quantitative estimate of drug-likeness (QED) is 0.224. The van der Waals surface area contributed by atoms with Gasteiger partial charge in [-0.05, 0) is 80.5 Å². The fraction of sp³-hybridized carbons (Fsp3) is 0.450. The Morgan fingerprint density at radius 2 is 1.46 bits per heavy atom. The fourth-order valence-corrected chi connectivity index (χ4v) is 8.94. The molecule has 4 fully saturated rings. The van der Waals surface area contributed by atoms with Crippen LogP contribution in [0, 0.1) is 11.8 Å². The molecule has 5 aliphatic rings. The SMILES string of the molecule is O=C1CCC(N2C(=O)c3ccc(N4CCC(C(=O)N5CCC(CN6CCN(c7ccc(Nc8ncnc9[nH]cnc89)cc7)CC6)CC5)CC4)cc3C2=O)C(=O)N1. The lowest BCUT2D eigenvalue weighted by atomic mass is 9.91. The standard InChI is InChI=1S/C40H45N11O5/c52-33-8-7-32(37(53)46-33)51-39(55)30-6-5-29(21-31(30)40(51)56)48-15-11-26(12-16-48)38(54)50-13-9-25(10-14-50)22-47-17-19-49(20-18-47)28-3-1-27(2-4-28)45-36-34-35(42-23-41-34)43-24-44-36/h1-6,21,23-26,32H,7-20,22H2,(H,46,52,53)(H2,41,42,43,44,45). The number of hydrogen-bond donors (Lipinski definition) is 3. The zero-order valence-electron chi connectivity index (χ0n) is 31.2. The van der Waals surface area contributed by atoms with Gasteiger partial charge < -0.3 is 25.0 Å². The van der Waals surface area contributed by atoms with Crippen LogP contribution < -0.4 is 20.4 Å². The molecule has 3 N–H and O–H groups in total. The van der Waals surface area contributed by atoms with Crippen LogP contribution in [0.25, 0.3) is 11.2 Å². The van der Waals surface area contributed by atoms with Crippen molar-refractivity contribution in [1.29, 1.82) is 0 Å². The minimum atomic E-state index is -0.988. The van der Waals surface area contributed by atoms with Gasteiger partial charge in [0.1, 0.15) is 12.4 Å². The molecule has 0 radical (unpaired) electrons. The van der Waals surface area contributed by atoms with E-state index >= 15 is 0 Å². The summed E-state index contributed by atoms with van der Waals surface area (Å²) in [4.78, 5) is 90.2. The number of carbonyl (C=O) groups excluding carboxylic acids is 5. The molecular weight excluding hydrogens is 715 g/mol. The number of piperazine rings is 1. The highest BCUT2D eigenvalue weighted by Crippen LogP contribution is 2.33. The number of nitrogens with zero attached hydrogens (tertiary/aromatic N) is 8.